The summed E-state index contributed by atoms with van der Waals surface area (Å²) in [6, 6.07) is 9.50. The van der Waals surface area contributed by atoms with Crippen LogP contribution in [0.1, 0.15) is 57.9 Å². The molecule has 12 nitrogen and oxygen atoms in total. The van der Waals surface area contributed by atoms with E-state index in [1.165, 1.54) is 24.1 Å². The first-order valence-electron chi connectivity index (χ1n) is 12.3. The Labute approximate surface area is 214 Å². The Kier molecular flexibility index (Phi) is 6.86. The standard InChI is InChI=1S/C24H32N5O7P/c1-4-24(5-2)11-16(15-9-7-6-8-10-15)35-37(32,36-24)33-12-17-19(30)23(3,31)22(34-17)29-14-28-18-20(25)26-13-27-21(18)29/h6-10,13-14,16-17,19,22,30-31H,4-5,11-12H2,1-3H3,(H2,25,26,27)/t16-,17+,19+,22+,23+,37?/m0/s1. The number of benzene rings is 1. The molecule has 4 heterocycles. The SMILES string of the molecule is CCC1(CC)C[C@@H](c2ccccc2)OP(=O)(OC[C@H]2O[C@@H](n3cnc4c(N)ncnc43)[C@](C)(O)[C@@H]2O)O1. The van der Waals surface area contributed by atoms with E-state index < -0.39 is 43.6 Å². The summed E-state index contributed by atoms with van der Waals surface area (Å²) >= 11 is 0. The van der Waals surface area contributed by atoms with E-state index in [0.29, 0.717) is 30.4 Å². The van der Waals surface area contributed by atoms with Gasteiger partial charge < -0.3 is 20.7 Å². The first kappa shape index (κ1) is 26.2. The number of imidazole rings is 1. The Morgan fingerprint density at radius 3 is 2.65 bits per heavy atom. The van der Waals surface area contributed by atoms with Crippen LogP contribution >= 0.6 is 7.82 Å². The van der Waals surface area contributed by atoms with Crippen LogP contribution in [0.3, 0.4) is 0 Å². The molecule has 2 fully saturated rings. The van der Waals surface area contributed by atoms with Gasteiger partial charge in [-0.25, -0.2) is 19.5 Å². The average molecular weight is 534 g/mol. The second-order valence-corrected chi connectivity index (χ2v) is 11.3. The van der Waals surface area contributed by atoms with Crippen molar-refractivity contribution in [1.29, 1.82) is 0 Å². The van der Waals surface area contributed by atoms with Crippen LogP contribution in [-0.2, 0) is 22.9 Å². The van der Waals surface area contributed by atoms with Gasteiger partial charge in [-0.2, -0.15) is 0 Å². The van der Waals surface area contributed by atoms with Crippen LogP contribution in [0.25, 0.3) is 11.2 Å². The summed E-state index contributed by atoms with van der Waals surface area (Å²) in [5, 5.41) is 22.1. The van der Waals surface area contributed by atoms with Gasteiger partial charge in [0.15, 0.2) is 17.7 Å². The summed E-state index contributed by atoms with van der Waals surface area (Å²) in [7, 11) is -4.06. The number of hydrogen-bond acceptors (Lipinski definition) is 11. The number of phosphoric ester groups is 1. The monoisotopic (exact) mass is 533 g/mol. The van der Waals surface area contributed by atoms with E-state index in [-0.39, 0.29) is 12.4 Å². The van der Waals surface area contributed by atoms with Crippen LogP contribution in [0.4, 0.5) is 5.82 Å². The van der Waals surface area contributed by atoms with Crippen molar-refractivity contribution in [2.75, 3.05) is 12.3 Å². The van der Waals surface area contributed by atoms with Crippen molar-refractivity contribution < 1.29 is 33.1 Å². The second kappa shape index (κ2) is 9.70. The van der Waals surface area contributed by atoms with Crippen LogP contribution in [-0.4, -0.2) is 59.7 Å². The van der Waals surface area contributed by atoms with Crippen LogP contribution in [0.2, 0.25) is 0 Å². The number of fused-ring (bicyclic) bond motifs is 1. The molecule has 0 saturated carbocycles. The fourth-order valence-corrected chi connectivity index (χ4v) is 6.78. The summed E-state index contributed by atoms with van der Waals surface area (Å²) in [5.74, 6) is 0.176. The van der Waals surface area contributed by atoms with E-state index in [2.05, 4.69) is 15.0 Å². The van der Waals surface area contributed by atoms with Crippen LogP contribution < -0.4 is 5.73 Å². The molecule has 2 aliphatic heterocycles. The number of hydrogen-bond donors (Lipinski definition) is 3. The number of nitrogens with zero attached hydrogens (tertiary/aromatic N) is 4. The number of rotatable bonds is 7. The van der Waals surface area contributed by atoms with Gasteiger partial charge in [-0.15, -0.1) is 0 Å². The number of anilines is 1. The molecular formula is C24H32N5O7P. The maximum atomic E-state index is 13.8. The molecule has 200 valence electrons. The molecule has 3 aromatic rings. The van der Waals surface area contributed by atoms with E-state index in [0.717, 1.165) is 5.56 Å². The lowest BCUT2D eigenvalue weighted by molar-refractivity contribution is -0.0995. The Morgan fingerprint density at radius 1 is 1.22 bits per heavy atom. The summed E-state index contributed by atoms with van der Waals surface area (Å²) in [6.07, 6.45) is 0.416. The van der Waals surface area contributed by atoms with Crippen molar-refractivity contribution in [1.82, 2.24) is 19.5 Å². The summed E-state index contributed by atoms with van der Waals surface area (Å²) < 4.78 is 38.9. The third-order valence-electron chi connectivity index (χ3n) is 7.37. The molecule has 4 N–H and O–H groups in total. The van der Waals surface area contributed by atoms with E-state index in [4.69, 9.17) is 24.0 Å². The van der Waals surface area contributed by atoms with E-state index >= 15 is 0 Å². The zero-order valence-electron chi connectivity index (χ0n) is 20.9. The quantitative estimate of drug-likeness (QED) is 0.382. The molecule has 2 saturated heterocycles. The zero-order valence-corrected chi connectivity index (χ0v) is 21.8. The summed E-state index contributed by atoms with van der Waals surface area (Å²) in [5.41, 5.74) is 4.96. The Balaban J connectivity index is 1.37. The first-order valence-corrected chi connectivity index (χ1v) is 13.7. The molecular weight excluding hydrogens is 501 g/mol. The lowest BCUT2D eigenvalue weighted by Crippen LogP contribution is -2.44. The lowest BCUT2D eigenvalue weighted by Gasteiger charge is -2.42. The first-order chi connectivity index (χ1) is 17.6. The third kappa shape index (κ3) is 4.67. The van der Waals surface area contributed by atoms with Gasteiger partial charge in [-0.1, -0.05) is 44.2 Å². The molecule has 0 amide bonds. The molecule has 2 aromatic heterocycles. The molecule has 0 spiro atoms. The largest absolute Gasteiger partial charge is 0.476 e. The van der Waals surface area contributed by atoms with Gasteiger partial charge in [0.25, 0.3) is 0 Å². The van der Waals surface area contributed by atoms with Crippen molar-refractivity contribution in [2.24, 2.45) is 0 Å². The molecule has 1 aromatic carbocycles. The van der Waals surface area contributed by atoms with Crippen molar-refractivity contribution in [2.45, 2.75) is 75.8 Å². The van der Waals surface area contributed by atoms with E-state index in [1.54, 1.807) is 0 Å². The van der Waals surface area contributed by atoms with Crippen molar-refractivity contribution >= 4 is 24.8 Å². The van der Waals surface area contributed by atoms with Crippen molar-refractivity contribution in [3.63, 3.8) is 0 Å². The second-order valence-electron chi connectivity index (χ2n) is 9.71. The highest BCUT2D eigenvalue weighted by Crippen LogP contribution is 2.63. The highest BCUT2D eigenvalue weighted by molar-refractivity contribution is 7.48. The number of ether oxygens (including phenoxy) is 1. The molecule has 5 rings (SSSR count). The predicted molar refractivity (Wildman–Crippen MR) is 133 cm³/mol. The minimum absolute atomic E-state index is 0.176. The molecule has 6 atom stereocenters. The predicted octanol–water partition coefficient (Wildman–Crippen LogP) is 3.28. The number of aliphatic hydroxyl groups excluding tert-OH is 1. The van der Waals surface area contributed by atoms with E-state index in [1.807, 2.05) is 44.2 Å². The average Bonchev–Trinajstić information content (AvgIpc) is 3.42. The fraction of sp³-hybridized carbons (Fsp3) is 0.542. The maximum absolute atomic E-state index is 13.8. The maximum Gasteiger partial charge on any atom is 0.476 e. The van der Waals surface area contributed by atoms with Gasteiger partial charge >= 0.3 is 7.82 Å². The number of aromatic nitrogens is 4. The molecule has 1 unspecified atom stereocenters. The Bertz CT molecular complexity index is 1300. The number of nitrogen functional groups attached to an aromatic ring is 1. The van der Waals surface area contributed by atoms with Crippen LogP contribution in [0, 0.1) is 0 Å². The highest BCUT2D eigenvalue weighted by atomic mass is 31.2. The number of aliphatic hydroxyl groups is 2. The summed E-state index contributed by atoms with van der Waals surface area (Å²) in [6.45, 7) is 5.02. The molecule has 13 heteroatoms. The Hall–Kier alpha value is -2.44. The highest BCUT2D eigenvalue weighted by Gasteiger charge is 2.55. The normalized spacial score (nSPS) is 33.6. The van der Waals surface area contributed by atoms with Gasteiger partial charge in [-0.3, -0.25) is 18.1 Å². The third-order valence-corrected chi connectivity index (χ3v) is 8.96. The minimum Gasteiger partial charge on any atom is -0.387 e. The zero-order chi connectivity index (χ0) is 26.4. The summed E-state index contributed by atoms with van der Waals surface area (Å²) in [4.78, 5) is 12.3. The van der Waals surface area contributed by atoms with Crippen molar-refractivity contribution in [3.05, 3.63) is 48.5 Å². The number of phosphoric acid groups is 1. The van der Waals surface area contributed by atoms with Gasteiger partial charge in [0, 0.05) is 6.42 Å². The van der Waals surface area contributed by atoms with Gasteiger partial charge in [0.1, 0.15) is 29.7 Å². The molecule has 37 heavy (non-hydrogen) atoms. The smallest absolute Gasteiger partial charge is 0.387 e. The van der Waals surface area contributed by atoms with Crippen LogP contribution in [0.15, 0.2) is 43.0 Å². The van der Waals surface area contributed by atoms with E-state index in [9.17, 15) is 14.8 Å². The number of nitrogens with two attached hydrogens (primary N) is 1. The lowest BCUT2D eigenvalue weighted by atomic mass is 9.88. The molecule has 0 radical (unpaired) electrons. The van der Waals surface area contributed by atoms with Gasteiger partial charge in [-0.05, 0) is 25.3 Å². The van der Waals surface area contributed by atoms with Crippen LogP contribution in [0.5, 0.6) is 0 Å². The molecule has 2 aliphatic rings. The van der Waals surface area contributed by atoms with Gasteiger partial charge in [0.05, 0.1) is 24.6 Å². The van der Waals surface area contributed by atoms with Crippen molar-refractivity contribution in [3.8, 4) is 0 Å². The Morgan fingerprint density at radius 2 is 1.95 bits per heavy atom. The fourth-order valence-electron chi connectivity index (χ4n) is 4.98. The molecule has 0 bridgehead atoms. The minimum atomic E-state index is -4.06. The topological polar surface area (TPSA) is 164 Å². The molecule has 0 aliphatic carbocycles. The van der Waals surface area contributed by atoms with Gasteiger partial charge in [0.2, 0.25) is 0 Å².